The lowest BCUT2D eigenvalue weighted by Crippen LogP contribution is -2.27. The fourth-order valence-corrected chi connectivity index (χ4v) is 2.01. The van der Waals surface area contributed by atoms with Crippen molar-refractivity contribution in [3.63, 3.8) is 0 Å². The van der Waals surface area contributed by atoms with Crippen molar-refractivity contribution >= 4 is 15.9 Å². The third-order valence-corrected chi connectivity index (χ3v) is 3.01. The van der Waals surface area contributed by atoms with Crippen LogP contribution in [0.4, 0.5) is 4.39 Å². The van der Waals surface area contributed by atoms with Gasteiger partial charge in [0.05, 0.1) is 6.10 Å². The van der Waals surface area contributed by atoms with E-state index in [-0.39, 0.29) is 17.8 Å². The minimum atomic E-state index is -0.229. The summed E-state index contributed by atoms with van der Waals surface area (Å²) in [5, 5.41) is 9.09. The molecule has 0 aromatic heterocycles. The monoisotopic (exact) mass is 244 g/mol. The quantitative estimate of drug-likeness (QED) is 0.806. The lowest BCUT2D eigenvalue weighted by atomic mass is 9.77. The topological polar surface area (TPSA) is 20.2 Å². The van der Waals surface area contributed by atoms with E-state index in [1.54, 1.807) is 6.07 Å². The van der Waals surface area contributed by atoms with Gasteiger partial charge in [0, 0.05) is 4.47 Å². The van der Waals surface area contributed by atoms with Gasteiger partial charge in [-0.15, -0.1) is 0 Å². The summed E-state index contributed by atoms with van der Waals surface area (Å²) in [7, 11) is 0. The third kappa shape index (κ3) is 1.76. The average molecular weight is 245 g/mol. The maximum atomic E-state index is 13.3. The van der Waals surface area contributed by atoms with E-state index in [9.17, 15) is 4.39 Å². The van der Waals surface area contributed by atoms with Gasteiger partial charge in [0.25, 0.3) is 0 Å². The Bertz CT molecular complexity index is 321. The SMILES string of the molecule is OC1CC(c2ccc(Br)cc2F)C1. The Morgan fingerprint density at radius 2 is 2.08 bits per heavy atom. The van der Waals surface area contributed by atoms with Crippen molar-refractivity contribution in [2.45, 2.75) is 24.9 Å². The van der Waals surface area contributed by atoms with Gasteiger partial charge >= 0.3 is 0 Å². The first-order chi connectivity index (χ1) is 6.16. The highest BCUT2D eigenvalue weighted by atomic mass is 79.9. The molecule has 0 bridgehead atoms. The molecule has 70 valence electrons. The van der Waals surface area contributed by atoms with Gasteiger partial charge in [-0.1, -0.05) is 22.0 Å². The normalized spacial score (nSPS) is 27.0. The van der Waals surface area contributed by atoms with Crippen LogP contribution in [-0.4, -0.2) is 11.2 Å². The molecule has 2 rings (SSSR count). The summed E-state index contributed by atoms with van der Waals surface area (Å²) in [5.74, 6) is 0.0365. The van der Waals surface area contributed by atoms with Crippen LogP contribution in [0.25, 0.3) is 0 Å². The molecular weight excluding hydrogens is 235 g/mol. The molecule has 1 aliphatic carbocycles. The summed E-state index contributed by atoms with van der Waals surface area (Å²) in [6.07, 6.45) is 1.16. The molecule has 1 fully saturated rings. The van der Waals surface area contributed by atoms with Crippen LogP contribution in [0.15, 0.2) is 22.7 Å². The Morgan fingerprint density at radius 3 is 2.62 bits per heavy atom. The number of aliphatic hydroxyl groups is 1. The molecule has 1 aromatic carbocycles. The van der Waals surface area contributed by atoms with Gasteiger partial charge in [-0.05, 0) is 36.5 Å². The number of rotatable bonds is 1. The Labute approximate surface area is 84.7 Å². The predicted molar refractivity (Wildman–Crippen MR) is 52.1 cm³/mol. The molecule has 1 saturated carbocycles. The van der Waals surface area contributed by atoms with Gasteiger partial charge in [0.1, 0.15) is 5.82 Å². The Balaban J connectivity index is 2.21. The second-order valence-electron chi connectivity index (χ2n) is 3.49. The Kier molecular flexibility index (Phi) is 2.39. The second-order valence-corrected chi connectivity index (χ2v) is 4.40. The van der Waals surface area contributed by atoms with Gasteiger partial charge < -0.3 is 5.11 Å². The zero-order valence-corrected chi connectivity index (χ0v) is 8.59. The second kappa shape index (κ2) is 3.39. The first-order valence-corrected chi connectivity index (χ1v) is 5.09. The van der Waals surface area contributed by atoms with E-state index in [0.29, 0.717) is 12.8 Å². The van der Waals surface area contributed by atoms with Crippen LogP contribution in [0.2, 0.25) is 0 Å². The molecule has 3 heteroatoms. The first-order valence-electron chi connectivity index (χ1n) is 4.30. The number of aliphatic hydroxyl groups excluding tert-OH is 1. The lowest BCUT2D eigenvalue weighted by molar-refractivity contribution is 0.0734. The largest absolute Gasteiger partial charge is 0.393 e. The molecule has 0 heterocycles. The summed E-state index contributed by atoms with van der Waals surface area (Å²) in [4.78, 5) is 0. The summed E-state index contributed by atoms with van der Waals surface area (Å²) in [6, 6.07) is 5.10. The number of hydrogen-bond acceptors (Lipinski definition) is 1. The molecule has 0 saturated heterocycles. The molecule has 1 aliphatic rings. The van der Waals surface area contributed by atoms with Crippen molar-refractivity contribution in [2.75, 3.05) is 0 Å². The van der Waals surface area contributed by atoms with E-state index >= 15 is 0 Å². The maximum Gasteiger partial charge on any atom is 0.127 e. The van der Waals surface area contributed by atoms with Crippen molar-refractivity contribution < 1.29 is 9.50 Å². The van der Waals surface area contributed by atoms with Gasteiger partial charge in [-0.25, -0.2) is 4.39 Å². The standard InChI is InChI=1S/C10H10BrFO/c11-7-1-2-9(10(12)5-7)6-3-8(13)4-6/h1-2,5-6,8,13H,3-4H2. The van der Waals surface area contributed by atoms with Crippen molar-refractivity contribution in [1.29, 1.82) is 0 Å². The van der Waals surface area contributed by atoms with Gasteiger partial charge in [-0.3, -0.25) is 0 Å². The van der Waals surface area contributed by atoms with Gasteiger partial charge in [0.2, 0.25) is 0 Å². The van der Waals surface area contributed by atoms with Crippen molar-refractivity contribution in [1.82, 2.24) is 0 Å². The van der Waals surface area contributed by atoms with E-state index in [1.165, 1.54) is 6.07 Å². The highest BCUT2D eigenvalue weighted by Gasteiger charge is 2.30. The maximum absolute atomic E-state index is 13.3. The number of halogens is 2. The smallest absolute Gasteiger partial charge is 0.127 e. The molecule has 0 aliphatic heterocycles. The van der Waals surface area contributed by atoms with Crippen molar-refractivity contribution in [3.05, 3.63) is 34.1 Å². The lowest BCUT2D eigenvalue weighted by Gasteiger charge is -2.31. The van der Waals surface area contributed by atoms with Crippen LogP contribution in [-0.2, 0) is 0 Å². The first kappa shape index (κ1) is 9.16. The highest BCUT2D eigenvalue weighted by Crippen LogP contribution is 2.38. The van der Waals surface area contributed by atoms with Crippen LogP contribution >= 0.6 is 15.9 Å². The van der Waals surface area contributed by atoms with E-state index in [0.717, 1.165) is 10.0 Å². The molecule has 1 N–H and O–H groups in total. The van der Waals surface area contributed by atoms with E-state index in [2.05, 4.69) is 15.9 Å². The van der Waals surface area contributed by atoms with Crippen LogP contribution in [0.5, 0.6) is 0 Å². The molecular formula is C10H10BrFO. The zero-order valence-electron chi connectivity index (χ0n) is 7.00. The average Bonchev–Trinajstić information content (AvgIpc) is 2.00. The molecule has 0 radical (unpaired) electrons. The fourth-order valence-electron chi connectivity index (χ4n) is 1.67. The minimum absolute atomic E-state index is 0.175. The molecule has 1 aromatic rings. The Hall–Kier alpha value is -0.410. The third-order valence-electron chi connectivity index (χ3n) is 2.52. The van der Waals surface area contributed by atoms with Crippen LogP contribution in [0, 0.1) is 5.82 Å². The summed E-state index contributed by atoms with van der Waals surface area (Å²) >= 11 is 3.21. The predicted octanol–water partition coefficient (Wildman–Crippen LogP) is 2.83. The molecule has 13 heavy (non-hydrogen) atoms. The van der Waals surface area contributed by atoms with Crippen LogP contribution in [0.1, 0.15) is 24.3 Å². The summed E-state index contributed by atoms with van der Waals surface area (Å²) < 4.78 is 14.1. The van der Waals surface area contributed by atoms with E-state index in [1.807, 2.05) is 6.07 Å². The van der Waals surface area contributed by atoms with Crippen molar-refractivity contribution in [3.8, 4) is 0 Å². The van der Waals surface area contributed by atoms with Crippen LogP contribution in [0.3, 0.4) is 0 Å². The highest BCUT2D eigenvalue weighted by molar-refractivity contribution is 9.10. The minimum Gasteiger partial charge on any atom is -0.393 e. The molecule has 0 spiro atoms. The number of hydrogen-bond donors (Lipinski definition) is 1. The molecule has 0 unspecified atom stereocenters. The molecule has 0 amide bonds. The zero-order chi connectivity index (χ0) is 9.42. The number of benzene rings is 1. The fraction of sp³-hybridized carbons (Fsp3) is 0.400. The molecule has 1 nitrogen and oxygen atoms in total. The van der Waals surface area contributed by atoms with Gasteiger partial charge in [-0.2, -0.15) is 0 Å². The summed E-state index contributed by atoms with van der Waals surface area (Å²) in [6.45, 7) is 0. The van der Waals surface area contributed by atoms with Crippen molar-refractivity contribution in [2.24, 2.45) is 0 Å². The van der Waals surface area contributed by atoms with Crippen LogP contribution < -0.4 is 0 Å². The molecule has 0 atom stereocenters. The summed E-state index contributed by atoms with van der Waals surface area (Å²) in [5.41, 5.74) is 0.730. The Morgan fingerprint density at radius 1 is 1.38 bits per heavy atom. The van der Waals surface area contributed by atoms with E-state index < -0.39 is 0 Å². The van der Waals surface area contributed by atoms with E-state index in [4.69, 9.17) is 5.11 Å². The van der Waals surface area contributed by atoms with Gasteiger partial charge in [0.15, 0.2) is 0 Å².